The molecule has 1 N–H and O–H groups in total. The molecule has 0 radical (unpaired) electrons. The fourth-order valence-electron chi connectivity index (χ4n) is 2.68. The minimum atomic E-state index is 0.112. The fourth-order valence-corrected chi connectivity index (χ4v) is 3.04. The van der Waals surface area contributed by atoms with Crippen LogP contribution in [0.15, 0.2) is 22.7 Å². The average Bonchev–Trinajstić information content (AvgIpc) is 2.42. The van der Waals surface area contributed by atoms with Gasteiger partial charge in [0.05, 0.1) is 0 Å². The topological polar surface area (TPSA) is 40.5 Å². The fraction of sp³-hybridized carbons (Fsp3) is 0.533. The van der Waals surface area contributed by atoms with Crippen molar-refractivity contribution in [2.24, 2.45) is 5.92 Å². The van der Waals surface area contributed by atoms with Gasteiger partial charge in [0.2, 0.25) is 0 Å². The van der Waals surface area contributed by atoms with Crippen LogP contribution >= 0.6 is 15.9 Å². The Balaban J connectivity index is 2.12. The molecule has 1 aliphatic heterocycles. The summed E-state index contributed by atoms with van der Waals surface area (Å²) >= 11 is 3.47. The number of carbonyl (C=O) groups is 1. The number of piperidine rings is 1. The minimum Gasteiger partial charge on any atom is -0.396 e. The van der Waals surface area contributed by atoms with Crippen molar-refractivity contribution >= 4 is 21.8 Å². The maximum atomic E-state index is 12.6. The molecule has 3 nitrogen and oxygen atoms in total. The molecular formula is C15H20BrNO2. The van der Waals surface area contributed by atoms with Gasteiger partial charge in [0.25, 0.3) is 5.91 Å². The SMILES string of the molecule is Cc1c(Br)cccc1C(=O)N1CCCC(CCO)C1. The molecule has 0 saturated carbocycles. The van der Waals surface area contributed by atoms with Gasteiger partial charge in [0, 0.05) is 29.7 Å². The molecule has 4 heteroatoms. The first kappa shape index (κ1) is 14.5. The van der Waals surface area contributed by atoms with Crippen molar-refractivity contribution in [3.05, 3.63) is 33.8 Å². The second-order valence-corrected chi connectivity index (χ2v) is 6.04. The van der Waals surface area contributed by atoms with Crippen LogP contribution in [0.1, 0.15) is 35.2 Å². The summed E-state index contributed by atoms with van der Waals surface area (Å²) in [5.41, 5.74) is 1.77. The predicted octanol–water partition coefficient (Wildman–Crippen LogP) is 2.99. The molecule has 1 unspecified atom stereocenters. The molecule has 0 bridgehead atoms. The standard InChI is InChI=1S/C15H20BrNO2/c1-11-13(5-2-6-14(11)16)15(19)17-8-3-4-12(10-17)7-9-18/h2,5-6,12,18H,3-4,7-10H2,1H3. The van der Waals surface area contributed by atoms with Gasteiger partial charge < -0.3 is 10.0 Å². The largest absolute Gasteiger partial charge is 0.396 e. The van der Waals surface area contributed by atoms with E-state index in [1.54, 1.807) is 0 Å². The number of benzene rings is 1. The number of hydrogen-bond acceptors (Lipinski definition) is 2. The van der Waals surface area contributed by atoms with Crippen LogP contribution in [0, 0.1) is 12.8 Å². The zero-order chi connectivity index (χ0) is 13.8. The number of aliphatic hydroxyl groups is 1. The summed E-state index contributed by atoms with van der Waals surface area (Å²) in [6.07, 6.45) is 2.94. The molecule has 1 aromatic rings. The van der Waals surface area contributed by atoms with E-state index in [9.17, 15) is 4.79 Å². The van der Waals surface area contributed by atoms with Crippen LogP contribution in [0.4, 0.5) is 0 Å². The van der Waals surface area contributed by atoms with Crippen LogP contribution in [0.25, 0.3) is 0 Å². The highest BCUT2D eigenvalue weighted by molar-refractivity contribution is 9.10. The number of halogens is 1. The molecule has 1 aromatic carbocycles. The van der Waals surface area contributed by atoms with Gasteiger partial charge >= 0.3 is 0 Å². The van der Waals surface area contributed by atoms with Crippen molar-refractivity contribution in [1.29, 1.82) is 0 Å². The summed E-state index contributed by atoms with van der Waals surface area (Å²) in [7, 11) is 0. The lowest BCUT2D eigenvalue weighted by Gasteiger charge is -2.33. The lowest BCUT2D eigenvalue weighted by Crippen LogP contribution is -2.40. The molecule has 1 heterocycles. The number of nitrogens with zero attached hydrogens (tertiary/aromatic N) is 1. The van der Waals surface area contributed by atoms with Crippen LogP contribution in [0.3, 0.4) is 0 Å². The van der Waals surface area contributed by atoms with E-state index >= 15 is 0 Å². The molecule has 19 heavy (non-hydrogen) atoms. The molecule has 0 aromatic heterocycles. The first-order chi connectivity index (χ1) is 9.13. The van der Waals surface area contributed by atoms with Gasteiger partial charge in [-0.15, -0.1) is 0 Å². The molecule has 0 spiro atoms. The maximum absolute atomic E-state index is 12.6. The van der Waals surface area contributed by atoms with Gasteiger partial charge in [-0.1, -0.05) is 22.0 Å². The summed E-state index contributed by atoms with van der Waals surface area (Å²) < 4.78 is 0.974. The van der Waals surface area contributed by atoms with Crippen LogP contribution in [0.5, 0.6) is 0 Å². The minimum absolute atomic E-state index is 0.112. The molecule has 1 amide bonds. The Morgan fingerprint density at radius 2 is 2.32 bits per heavy atom. The van der Waals surface area contributed by atoms with E-state index in [1.165, 1.54) is 0 Å². The third kappa shape index (κ3) is 3.37. The third-order valence-electron chi connectivity index (χ3n) is 3.84. The number of aliphatic hydroxyl groups excluding tert-OH is 1. The van der Waals surface area contributed by atoms with Gasteiger partial charge in [-0.2, -0.15) is 0 Å². The lowest BCUT2D eigenvalue weighted by atomic mass is 9.94. The zero-order valence-corrected chi connectivity index (χ0v) is 12.8. The molecule has 1 fully saturated rings. The highest BCUT2D eigenvalue weighted by Gasteiger charge is 2.25. The Morgan fingerprint density at radius 1 is 1.53 bits per heavy atom. The van der Waals surface area contributed by atoms with Crippen LogP contribution in [-0.2, 0) is 0 Å². The summed E-state index contributed by atoms with van der Waals surface area (Å²) in [5, 5.41) is 9.03. The monoisotopic (exact) mass is 325 g/mol. The number of rotatable bonds is 3. The molecule has 104 valence electrons. The van der Waals surface area contributed by atoms with Gasteiger partial charge in [0.1, 0.15) is 0 Å². The molecule has 1 aliphatic rings. The highest BCUT2D eigenvalue weighted by Crippen LogP contribution is 2.24. The quantitative estimate of drug-likeness (QED) is 0.928. The first-order valence-corrected chi connectivity index (χ1v) is 7.58. The average molecular weight is 326 g/mol. The van der Waals surface area contributed by atoms with Crippen LogP contribution in [0.2, 0.25) is 0 Å². The van der Waals surface area contributed by atoms with E-state index in [4.69, 9.17) is 5.11 Å². The summed E-state index contributed by atoms with van der Waals surface area (Å²) in [6.45, 7) is 3.77. The van der Waals surface area contributed by atoms with Gasteiger partial charge in [0.15, 0.2) is 0 Å². The van der Waals surface area contributed by atoms with Gasteiger partial charge in [-0.05, 0) is 49.8 Å². The van der Waals surface area contributed by atoms with Crippen molar-refractivity contribution < 1.29 is 9.90 Å². The second-order valence-electron chi connectivity index (χ2n) is 5.18. The van der Waals surface area contributed by atoms with E-state index < -0.39 is 0 Å². The zero-order valence-electron chi connectivity index (χ0n) is 11.2. The number of carbonyl (C=O) groups excluding carboxylic acids is 1. The third-order valence-corrected chi connectivity index (χ3v) is 4.70. The normalized spacial score (nSPS) is 19.5. The first-order valence-electron chi connectivity index (χ1n) is 6.78. The van der Waals surface area contributed by atoms with E-state index in [1.807, 2.05) is 30.0 Å². The maximum Gasteiger partial charge on any atom is 0.254 e. The Morgan fingerprint density at radius 3 is 3.05 bits per heavy atom. The molecule has 2 rings (SSSR count). The Kier molecular flexibility index (Phi) is 4.99. The van der Waals surface area contributed by atoms with Crippen molar-refractivity contribution in [3.8, 4) is 0 Å². The summed E-state index contributed by atoms with van der Waals surface area (Å²) in [5.74, 6) is 0.552. The van der Waals surface area contributed by atoms with Crippen molar-refractivity contribution in [1.82, 2.24) is 4.90 Å². The van der Waals surface area contributed by atoms with E-state index in [2.05, 4.69) is 15.9 Å². The van der Waals surface area contributed by atoms with E-state index in [-0.39, 0.29) is 12.5 Å². The summed E-state index contributed by atoms with van der Waals surface area (Å²) in [4.78, 5) is 14.5. The van der Waals surface area contributed by atoms with Gasteiger partial charge in [-0.3, -0.25) is 4.79 Å². The Hall–Kier alpha value is -0.870. The molecule has 1 saturated heterocycles. The highest BCUT2D eigenvalue weighted by atomic mass is 79.9. The number of hydrogen-bond donors (Lipinski definition) is 1. The van der Waals surface area contributed by atoms with E-state index in [0.717, 1.165) is 48.0 Å². The van der Waals surface area contributed by atoms with Crippen LogP contribution < -0.4 is 0 Å². The molecular weight excluding hydrogens is 306 g/mol. The Bertz CT molecular complexity index is 459. The second kappa shape index (κ2) is 6.53. The Labute approximate surface area is 122 Å². The lowest BCUT2D eigenvalue weighted by molar-refractivity contribution is 0.0653. The van der Waals surface area contributed by atoms with Crippen molar-refractivity contribution in [2.75, 3.05) is 19.7 Å². The van der Waals surface area contributed by atoms with Crippen LogP contribution in [-0.4, -0.2) is 35.6 Å². The van der Waals surface area contributed by atoms with Crippen molar-refractivity contribution in [2.45, 2.75) is 26.2 Å². The number of amides is 1. The van der Waals surface area contributed by atoms with E-state index in [0.29, 0.717) is 5.92 Å². The molecule has 0 aliphatic carbocycles. The van der Waals surface area contributed by atoms with Gasteiger partial charge in [-0.25, -0.2) is 0 Å². The number of likely N-dealkylation sites (tertiary alicyclic amines) is 1. The summed E-state index contributed by atoms with van der Waals surface area (Å²) in [6, 6.07) is 5.74. The molecule has 1 atom stereocenters. The van der Waals surface area contributed by atoms with Crippen molar-refractivity contribution in [3.63, 3.8) is 0 Å². The smallest absolute Gasteiger partial charge is 0.254 e. The predicted molar refractivity (Wildman–Crippen MR) is 79.2 cm³/mol.